The first-order chi connectivity index (χ1) is 14.5. The van der Waals surface area contributed by atoms with Crippen molar-refractivity contribution in [3.8, 4) is 0 Å². The molecule has 2 atom stereocenters. The Morgan fingerprint density at radius 1 is 1.03 bits per heavy atom. The van der Waals surface area contributed by atoms with Crippen molar-refractivity contribution in [2.24, 2.45) is 0 Å². The highest BCUT2D eigenvalue weighted by molar-refractivity contribution is 6.30. The molecule has 152 valence electrons. The SMILES string of the molecule is O=C(Nc1cccc(Cl)c1)N1CC(c2ccc([N+](=O)[O-])cc2)OC1c1ccccc1. The molecular formula is C22H18ClN3O4. The number of nitro groups is 1. The minimum Gasteiger partial charge on any atom is -0.344 e. The fourth-order valence-electron chi connectivity index (χ4n) is 3.37. The first-order valence-electron chi connectivity index (χ1n) is 9.29. The number of rotatable bonds is 4. The summed E-state index contributed by atoms with van der Waals surface area (Å²) in [4.78, 5) is 25.1. The van der Waals surface area contributed by atoms with Crippen LogP contribution in [0.3, 0.4) is 0 Å². The van der Waals surface area contributed by atoms with Gasteiger partial charge in [-0.2, -0.15) is 0 Å². The first kappa shape index (κ1) is 19.9. The summed E-state index contributed by atoms with van der Waals surface area (Å²) in [5.74, 6) is 0. The molecule has 4 rings (SSSR count). The van der Waals surface area contributed by atoms with Crippen LogP contribution < -0.4 is 5.32 Å². The summed E-state index contributed by atoms with van der Waals surface area (Å²) in [5.41, 5.74) is 2.19. The number of hydrogen-bond donors (Lipinski definition) is 1. The summed E-state index contributed by atoms with van der Waals surface area (Å²) in [6.45, 7) is 0.295. The number of non-ortho nitro benzene ring substituents is 1. The Balaban J connectivity index is 1.59. The van der Waals surface area contributed by atoms with E-state index in [-0.39, 0.29) is 11.7 Å². The Kier molecular flexibility index (Phi) is 5.65. The molecule has 1 N–H and O–H groups in total. The van der Waals surface area contributed by atoms with Gasteiger partial charge in [-0.25, -0.2) is 4.79 Å². The zero-order valence-electron chi connectivity index (χ0n) is 15.8. The number of anilines is 1. The van der Waals surface area contributed by atoms with Crippen molar-refractivity contribution in [3.05, 3.63) is 105 Å². The van der Waals surface area contributed by atoms with Gasteiger partial charge in [0.05, 0.1) is 11.5 Å². The Hall–Kier alpha value is -3.42. The van der Waals surface area contributed by atoms with Gasteiger partial charge in [-0.05, 0) is 35.9 Å². The van der Waals surface area contributed by atoms with E-state index in [1.54, 1.807) is 41.3 Å². The van der Waals surface area contributed by atoms with Gasteiger partial charge in [0.15, 0.2) is 6.23 Å². The molecular weight excluding hydrogens is 406 g/mol. The molecule has 1 fully saturated rings. The highest BCUT2D eigenvalue weighted by Crippen LogP contribution is 2.38. The number of hydrogen-bond acceptors (Lipinski definition) is 4. The highest BCUT2D eigenvalue weighted by atomic mass is 35.5. The monoisotopic (exact) mass is 423 g/mol. The lowest BCUT2D eigenvalue weighted by Crippen LogP contribution is -2.35. The Labute approximate surface area is 178 Å². The van der Waals surface area contributed by atoms with Crippen molar-refractivity contribution in [1.29, 1.82) is 0 Å². The second-order valence-electron chi connectivity index (χ2n) is 6.83. The number of carbonyl (C=O) groups is 1. The maximum atomic E-state index is 13.0. The van der Waals surface area contributed by atoms with E-state index in [1.807, 2.05) is 30.3 Å². The van der Waals surface area contributed by atoms with E-state index in [1.165, 1.54) is 12.1 Å². The maximum absolute atomic E-state index is 13.0. The Bertz CT molecular complexity index is 1060. The Morgan fingerprint density at radius 3 is 2.43 bits per heavy atom. The quantitative estimate of drug-likeness (QED) is 0.440. The van der Waals surface area contributed by atoms with Crippen LogP contribution >= 0.6 is 11.6 Å². The van der Waals surface area contributed by atoms with Gasteiger partial charge >= 0.3 is 6.03 Å². The fourth-order valence-corrected chi connectivity index (χ4v) is 3.56. The average Bonchev–Trinajstić information content (AvgIpc) is 3.20. The van der Waals surface area contributed by atoms with Crippen LogP contribution in [-0.2, 0) is 4.74 Å². The highest BCUT2D eigenvalue weighted by Gasteiger charge is 2.38. The van der Waals surface area contributed by atoms with Gasteiger partial charge in [0.25, 0.3) is 5.69 Å². The Morgan fingerprint density at radius 2 is 1.77 bits per heavy atom. The number of benzene rings is 3. The van der Waals surface area contributed by atoms with E-state index in [2.05, 4.69) is 5.32 Å². The molecule has 1 aliphatic rings. The van der Waals surface area contributed by atoms with E-state index in [4.69, 9.17) is 16.3 Å². The molecule has 1 saturated heterocycles. The summed E-state index contributed by atoms with van der Waals surface area (Å²) in [7, 11) is 0. The normalized spacial score (nSPS) is 18.2. The number of halogens is 1. The lowest BCUT2D eigenvalue weighted by atomic mass is 10.1. The van der Waals surface area contributed by atoms with Crippen molar-refractivity contribution < 1.29 is 14.5 Å². The number of amides is 2. The number of urea groups is 1. The van der Waals surface area contributed by atoms with Gasteiger partial charge < -0.3 is 10.1 Å². The predicted octanol–water partition coefficient (Wildman–Crippen LogP) is 5.55. The molecule has 0 radical (unpaired) electrons. The van der Waals surface area contributed by atoms with Crippen LogP contribution in [-0.4, -0.2) is 22.4 Å². The molecule has 0 saturated carbocycles. The number of carbonyl (C=O) groups excluding carboxylic acids is 1. The molecule has 0 aromatic heterocycles. The third-order valence-corrected chi connectivity index (χ3v) is 5.07. The summed E-state index contributed by atoms with van der Waals surface area (Å²) < 4.78 is 6.20. The summed E-state index contributed by atoms with van der Waals surface area (Å²) in [6, 6.07) is 22.2. The molecule has 0 aliphatic carbocycles. The number of nitro benzene ring substituents is 1. The summed E-state index contributed by atoms with van der Waals surface area (Å²) >= 11 is 6.01. The van der Waals surface area contributed by atoms with Gasteiger partial charge in [-0.1, -0.05) is 48.0 Å². The van der Waals surface area contributed by atoms with Crippen LogP contribution in [0.25, 0.3) is 0 Å². The second kappa shape index (κ2) is 8.52. The van der Waals surface area contributed by atoms with Crippen LogP contribution in [0.4, 0.5) is 16.2 Å². The molecule has 3 aromatic carbocycles. The van der Waals surface area contributed by atoms with Crippen molar-refractivity contribution >= 4 is 29.0 Å². The van der Waals surface area contributed by atoms with Crippen molar-refractivity contribution in [1.82, 2.24) is 4.90 Å². The van der Waals surface area contributed by atoms with Gasteiger partial charge in [-0.3, -0.25) is 15.0 Å². The number of nitrogens with zero attached hydrogens (tertiary/aromatic N) is 2. The van der Waals surface area contributed by atoms with Gasteiger partial charge in [0.2, 0.25) is 0 Å². The molecule has 30 heavy (non-hydrogen) atoms. The van der Waals surface area contributed by atoms with Crippen LogP contribution in [0.15, 0.2) is 78.9 Å². The molecule has 2 amide bonds. The lowest BCUT2D eigenvalue weighted by molar-refractivity contribution is -0.384. The standard InChI is InChI=1S/C22H18ClN3O4/c23-17-7-4-8-18(13-17)24-22(27)25-14-20(15-9-11-19(12-10-15)26(28)29)30-21(25)16-5-2-1-3-6-16/h1-13,20-21H,14H2,(H,24,27). The van der Waals surface area contributed by atoms with Gasteiger partial charge in [0, 0.05) is 28.4 Å². The summed E-state index contributed by atoms with van der Waals surface area (Å²) in [6.07, 6.45) is -1.01. The van der Waals surface area contributed by atoms with Crippen LogP contribution in [0.5, 0.6) is 0 Å². The van der Waals surface area contributed by atoms with Crippen LogP contribution in [0.2, 0.25) is 5.02 Å². The second-order valence-corrected chi connectivity index (χ2v) is 7.27. The smallest absolute Gasteiger partial charge is 0.324 e. The molecule has 0 spiro atoms. The predicted molar refractivity (Wildman–Crippen MR) is 113 cm³/mol. The van der Waals surface area contributed by atoms with Crippen molar-refractivity contribution in [2.45, 2.75) is 12.3 Å². The molecule has 2 unspecified atom stereocenters. The number of ether oxygens (including phenoxy) is 1. The van der Waals surface area contributed by atoms with Crippen molar-refractivity contribution in [2.75, 3.05) is 11.9 Å². The third kappa shape index (κ3) is 4.27. The maximum Gasteiger partial charge on any atom is 0.324 e. The molecule has 1 aliphatic heterocycles. The lowest BCUT2D eigenvalue weighted by Gasteiger charge is -2.23. The molecule has 0 bridgehead atoms. The molecule has 3 aromatic rings. The van der Waals surface area contributed by atoms with E-state index in [0.717, 1.165) is 11.1 Å². The topological polar surface area (TPSA) is 84.7 Å². The van der Waals surface area contributed by atoms with Gasteiger partial charge in [0.1, 0.15) is 6.10 Å². The van der Waals surface area contributed by atoms with Crippen LogP contribution in [0.1, 0.15) is 23.5 Å². The third-order valence-electron chi connectivity index (χ3n) is 4.84. The first-order valence-corrected chi connectivity index (χ1v) is 9.67. The summed E-state index contributed by atoms with van der Waals surface area (Å²) in [5, 5.41) is 14.3. The minimum absolute atomic E-state index is 0.00640. The largest absolute Gasteiger partial charge is 0.344 e. The van der Waals surface area contributed by atoms with E-state index in [0.29, 0.717) is 17.3 Å². The number of nitrogens with one attached hydrogen (secondary N) is 1. The average molecular weight is 424 g/mol. The molecule has 8 heteroatoms. The van der Waals surface area contributed by atoms with E-state index in [9.17, 15) is 14.9 Å². The van der Waals surface area contributed by atoms with E-state index < -0.39 is 17.3 Å². The zero-order valence-corrected chi connectivity index (χ0v) is 16.5. The fraction of sp³-hybridized carbons (Fsp3) is 0.136. The van der Waals surface area contributed by atoms with Crippen molar-refractivity contribution in [3.63, 3.8) is 0 Å². The zero-order chi connectivity index (χ0) is 21.1. The van der Waals surface area contributed by atoms with Gasteiger partial charge in [-0.15, -0.1) is 0 Å². The minimum atomic E-state index is -0.592. The van der Waals surface area contributed by atoms with Crippen LogP contribution in [0, 0.1) is 10.1 Å². The molecule has 1 heterocycles. The van der Waals surface area contributed by atoms with E-state index >= 15 is 0 Å². The molecule has 7 nitrogen and oxygen atoms in total.